The predicted molar refractivity (Wildman–Crippen MR) is 132 cm³/mol. The minimum absolute atomic E-state index is 0.0117. The number of hydrogen-bond acceptors (Lipinski definition) is 3. The molecule has 5 heteroatoms. The third-order valence-electron chi connectivity index (χ3n) is 6.88. The van der Waals surface area contributed by atoms with Gasteiger partial charge in [-0.2, -0.15) is 0 Å². The molecule has 2 amide bonds. The first kappa shape index (κ1) is 23.2. The van der Waals surface area contributed by atoms with E-state index in [9.17, 15) is 9.59 Å². The summed E-state index contributed by atoms with van der Waals surface area (Å²) >= 11 is 0. The first-order valence-electron chi connectivity index (χ1n) is 12.0. The molecule has 33 heavy (non-hydrogen) atoms. The van der Waals surface area contributed by atoms with Gasteiger partial charge in [-0.05, 0) is 42.5 Å². The Kier molecular flexibility index (Phi) is 6.99. The number of fused-ring (bicyclic) bond motifs is 1. The number of benzene rings is 2. The van der Waals surface area contributed by atoms with E-state index in [1.807, 2.05) is 69.0 Å². The van der Waals surface area contributed by atoms with Crippen LogP contribution in [0, 0.1) is 25.7 Å². The van der Waals surface area contributed by atoms with Crippen LogP contribution in [-0.4, -0.2) is 47.8 Å². The molecule has 1 N–H and O–H groups in total. The van der Waals surface area contributed by atoms with Crippen molar-refractivity contribution in [3.8, 4) is 0 Å². The van der Waals surface area contributed by atoms with Gasteiger partial charge in [-0.1, -0.05) is 62.4 Å². The fraction of sp³-hybridized carbons (Fsp3) is 0.429. The SMILES string of the molecule is Cc1cccc(C)c1C(=O)N1C=C2CN(CC[C@H](NC(=O)C(C)C)c3ccccc3)CC2C1. The number of aryl methyl sites for hydroxylation is 2. The van der Waals surface area contributed by atoms with Crippen LogP contribution in [-0.2, 0) is 4.79 Å². The van der Waals surface area contributed by atoms with E-state index >= 15 is 0 Å². The van der Waals surface area contributed by atoms with Crippen LogP contribution >= 0.6 is 0 Å². The van der Waals surface area contributed by atoms with Crippen molar-refractivity contribution in [1.82, 2.24) is 15.1 Å². The summed E-state index contributed by atoms with van der Waals surface area (Å²) in [6, 6.07) is 16.3. The number of hydrogen-bond donors (Lipinski definition) is 1. The van der Waals surface area contributed by atoms with Gasteiger partial charge in [-0.15, -0.1) is 0 Å². The van der Waals surface area contributed by atoms with Crippen molar-refractivity contribution in [2.45, 2.75) is 40.2 Å². The van der Waals surface area contributed by atoms with Crippen LogP contribution in [0.2, 0.25) is 0 Å². The van der Waals surface area contributed by atoms with Crippen LogP contribution in [0.25, 0.3) is 0 Å². The Morgan fingerprint density at radius 1 is 1.00 bits per heavy atom. The zero-order valence-electron chi connectivity index (χ0n) is 20.2. The molecule has 2 aliphatic heterocycles. The zero-order valence-corrected chi connectivity index (χ0v) is 20.2. The van der Waals surface area contributed by atoms with Crippen LogP contribution in [0.4, 0.5) is 0 Å². The number of carbonyl (C=O) groups excluding carboxylic acids is 2. The zero-order chi connectivity index (χ0) is 23.5. The van der Waals surface area contributed by atoms with Crippen molar-refractivity contribution >= 4 is 11.8 Å². The number of amides is 2. The third-order valence-corrected chi connectivity index (χ3v) is 6.88. The molecule has 1 unspecified atom stereocenters. The lowest BCUT2D eigenvalue weighted by molar-refractivity contribution is -0.124. The molecule has 0 aromatic heterocycles. The maximum atomic E-state index is 13.2. The quantitative estimate of drug-likeness (QED) is 0.684. The Labute approximate surface area is 197 Å². The molecule has 1 saturated heterocycles. The normalized spacial score (nSPS) is 18.9. The fourth-order valence-corrected chi connectivity index (χ4v) is 4.96. The molecule has 1 fully saturated rings. The molecule has 2 aromatic carbocycles. The largest absolute Gasteiger partial charge is 0.349 e. The Bertz CT molecular complexity index is 1020. The Morgan fingerprint density at radius 2 is 1.70 bits per heavy atom. The highest BCUT2D eigenvalue weighted by atomic mass is 16.2. The van der Waals surface area contributed by atoms with Crippen molar-refractivity contribution in [3.05, 3.63) is 82.6 Å². The van der Waals surface area contributed by atoms with E-state index < -0.39 is 0 Å². The van der Waals surface area contributed by atoms with E-state index in [4.69, 9.17) is 0 Å². The lowest BCUT2D eigenvalue weighted by atomic mass is 10.0. The molecule has 2 atom stereocenters. The number of rotatable bonds is 7. The van der Waals surface area contributed by atoms with Crippen LogP contribution in [0.15, 0.2) is 60.3 Å². The highest BCUT2D eigenvalue weighted by Gasteiger charge is 2.36. The summed E-state index contributed by atoms with van der Waals surface area (Å²) in [5.41, 5.74) is 5.39. The second-order valence-electron chi connectivity index (χ2n) is 9.78. The van der Waals surface area contributed by atoms with E-state index in [0.29, 0.717) is 5.92 Å². The Balaban J connectivity index is 1.38. The van der Waals surface area contributed by atoms with E-state index in [1.165, 1.54) is 5.57 Å². The van der Waals surface area contributed by atoms with Crippen LogP contribution in [0.1, 0.15) is 53.4 Å². The van der Waals surface area contributed by atoms with E-state index in [2.05, 4.69) is 28.5 Å². The molecule has 174 valence electrons. The molecule has 2 heterocycles. The number of nitrogens with one attached hydrogen (secondary N) is 1. The topological polar surface area (TPSA) is 52.7 Å². The first-order valence-corrected chi connectivity index (χ1v) is 12.0. The van der Waals surface area contributed by atoms with E-state index in [-0.39, 0.29) is 23.8 Å². The van der Waals surface area contributed by atoms with E-state index in [1.54, 1.807) is 0 Å². The minimum atomic E-state index is -0.0343. The average Bonchev–Trinajstić information content (AvgIpc) is 3.35. The summed E-state index contributed by atoms with van der Waals surface area (Å²) < 4.78 is 0. The second kappa shape index (κ2) is 9.92. The summed E-state index contributed by atoms with van der Waals surface area (Å²) in [4.78, 5) is 29.9. The summed E-state index contributed by atoms with van der Waals surface area (Å²) in [6.07, 6.45) is 2.95. The van der Waals surface area contributed by atoms with Gasteiger partial charge in [0.05, 0.1) is 6.04 Å². The van der Waals surface area contributed by atoms with Gasteiger partial charge in [0.15, 0.2) is 0 Å². The first-order chi connectivity index (χ1) is 15.8. The molecular weight excluding hydrogens is 410 g/mol. The molecule has 0 radical (unpaired) electrons. The molecule has 2 aliphatic rings. The maximum absolute atomic E-state index is 13.2. The van der Waals surface area contributed by atoms with Gasteiger partial charge in [-0.3, -0.25) is 14.5 Å². The standard InChI is InChI=1S/C28H35N3O2/c1-19(2)27(32)29-25(22-11-6-5-7-12-22)13-14-30-15-23-17-31(18-24(23)16-30)28(33)26-20(3)9-8-10-21(26)4/h5-12,17,19,24-25H,13-16,18H2,1-4H3,(H,29,32)/t24?,25-/m0/s1. The van der Waals surface area contributed by atoms with Gasteiger partial charge in [0.2, 0.25) is 5.91 Å². The van der Waals surface area contributed by atoms with Gasteiger partial charge >= 0.3 is 0 Å². The summed E-state index contributed by atoms with van der Waals surface area (Å²) in [5.74, 6) is 0.566. The smallest absolute Gasteiger partial charge is 0.258 e. The van der Waals surface area contributed by atoms with Crippen molar-refractivity contribution in [2.75, 3.05) is 26.2 Å². The van der Waals surface area contributed by atoms with Crippen molar-refractivity contribution in [1.29, 1.82) is 0 Å². The Morgan fingerprint density at radius 3 is 2.33 bits per heavy atom. The van der Waals surface area contributed by atoms with Gasteiger partial charge in [0, 0.05) is 49.8 Å². The van der Waals surface area contributed by atoms with Gasteiger partial charge in [0.1, 0.15) is 0 Å². The second-order valence-corrected chi connectivity index (χ2v) is 9.78. The molecule has 0 spiro atoms. The van der Waals surface area contributed by atoms with Crippen LogP contribution in [0.3, 0.4) is 0 Å². The lowest BCUT2D eigenvalue weighted by Crippen LogP contribution is -2.35. The summed E-state index contributed by atoms with van der Waals surface area (Å²) in [5, 5.41) is 3.22. The average molecular weight is 446 g/mol. The monoisotopic (exact) mass is 445 g/mol. The van der Waals surface area contributed by atoms with Gasteiger partial charge in [-0.25, -0.2) is 0 Å². The molecule has 0 bridgehead atoms. The highest BCUT2D eigenvalue weighted by molar-refractivity contribution is 5.98. The molecule has 0 saturated carbocycles. The molecule has 4 rings (SSSR count). The van der Waals surface area contributed by atoms with Gasteiger partial charge < -0.3 is 10.2 Å². The highest BCUT2D eigenvalue weighted by Crippen LogP contribution is 2.32. The third kappa shape index (κ3) is 5.19. The molecule has 5 nitrogen and oxygen atoms in total. The number of carbonyl (C=O) groups is 2. The fourth-order valence-electron chi connectivity index (χ4n) is 4.96. The van der Waals surface area contributed by atoms with Crippen LogP contribution in [0.5, 0.6) is 0 Å². The summed E-state index contributed by atoms with van der Waals surface area (Å²) in [6.45, 7) is 11.4. The Hall–Kier alpha value is -2.92. The predicted octanol–water partition coefficient (Wildman–Crippen LogP) is 4.48. The number of nitrogens with zero attached hydrogens (tertiary/aromatic N) is 2. The maximum Gasteiger partial charge on any atom is 0.258 e. The number of likely N-dealkylation sites (tertiary alicyclic amines) is 1. The molecule has 0 aliphatic carbocycles. The van der Waals surface area contributed by atoms with Crippen molar-refractivity contribution < 1.29 is 9.59 Å². The summed E-state index contributed by atoms with van der Waals surface area (Å²) in [7, 11) is 0. The van der Waals surface area contributed by atoms with Gasteiger partial charge in [0.25, 0.3) is 5.91 Å². The van der Waals surface area contributed by atoms with E-state index in [0.717, 1.165) is 54.9 Å². The lowest BCUT2D eigenvalue weighted by Gasteiger charge is -2.24. The molecular formula is C28H35N3O2. The minimum Gasteiger partial charge on any atom is -0.349 e. The van der Waals surface area contributed by atoms with Crippen molar-refractivity contribution in [3.63, 3.8) is 0 Å². The van der Waals surface area contributed by atoms with Crippen LogP contribution < -0.4 is 5.32 Å². The van der Waals surface area contributed by atoms with Crippen molar-refractivity contribution in [2.24, 2.45) is 11.8 Å². The molecule has 2 aromatic rings.